The second-order valence-electron chi connectivity index (χ2n) is 6.67. The largest absolute Gasteiger partial charge is 0.438 e. The van der Waals surface area contributed by atoms with Crippen LogP contribution in [0.15, 0.2) is 10.6 Å². The van der Waals surface area contributed by atoms with Gasteiger partial charge in [0.2, 0.25) is 0 Å². The fourth-order valence-electron chi connectivity index (χ4n) is 3.54. The Hall–Kier alpha value is -2.22. The number of nitrogens with one attached hydrogen (secondary N) is 1. The highest BCUT2D eigenvalue weighted by molar-refractivity contribution is 5.90. The zero-order chi connectivity index (χ0) is 16.7. The van der Waals surface area contributed by atoms with Gasteiger partial charge in [-0.25, -0.2) is 9.97 Å². The molecule has 4 rings (SSSR count). The number of amides is 1. The molecule has 2 fully saturated rings. The van der Waals surface area contributed by atoms with Gasteiger partial charge < -0.3 is 14.1 Å². The van der Waals surface area contributed by atoms with Crippen molar-refractivity contribution in [2.75, 3.05) is 20.2 Å². The summed E-state index contributed by atoms with van der Waals surface area (Å²) in [5, 5.41) is 7.28. The van der Waals surface area contributed by atoms with Crippen LogP contribution in [0.4, 0.5) is 0 Å². The number of aromatic amines is 1. The minimum absolute atomic E-state index is 0.149. The Morgan fingerprint density at radius 3 is 2.96 bits per heavy atom. The Morgan fingerprint density at radius 1 is 1.46 bits per heavy atom. The predicted octanol–water partition coefficient (Wildman–Crippen LogP) is 1.51. The predicted molar refractivity (Wildman–Crippen MR) is 83.2 cm³/mol. The van der Waals surface area contributed by atoms with E-state index in [0.717, 1.165) is 11.6 Å². The second kappa shape index (κ2) is 6.01. The average molecular weight is 331 g/mol. The van der Waals surface area contributed by atoms with Gasteiger partial charge in [0.1, 0.15) is 12.4 Å². The number of methoxy groups -OCH3 is 1. The zero-order valence-electron chi connectivity index (χ0n) is 13.9. The summed E-state index contributed by atoms with van der Waals surface area (Å²) in [5.41, 5.74) is 0. The van der Waals surface area contributed by atoms with E-state index in [1.165, 1.54) is 12.8 Å². The lowest BCUT2D eigenvalue weighted by Gasteiger charge is -2.13. The fourth-order valence-corrected chi connectivity index (χ4v) is 3.54. The number of carbonyl (C=O) groups is 1. The van der Waals surface area contributed by atoms with E-state index in [4.69, 9.17) is 9.15 Å². The Bertz CT molecular complexity index is 736. The second-order valence-corrected chi connectivity index (χ2v) is 6.67. The van der Waals surface area contributed by atoms with Crippen molar-refractivity contribution in [3.63, 3.8) is 0 Å². The highest BCUT2D eigenvalue weighted by atomic mass is 16.5. The highest BCUT2D eigenvalue weighted by Gasteiger charge is 2.46. The number of ether oxygens (including phenoxy) is 1. The molecule has 128 valence electrons. The number of H-pyrrole nitrogens is 1. The van der Waals surface area contributed by atoms with Crippen molar-refractivity contribution in [3.05, 3.63) is 29.5 Å². The van der Waals surface area contributed by atoms with Crippen molar-refractivity contribution in [2.45, 2.75) is 32.3 Å². The van der Waals surface area contributed by atoms with Crippen LogP contribution in [0, 0.1) is 18.8 Å². The summed E-state index contributed by atoms with van der Waals surface area (Å²) < 4.78 is 10.5. The van der Waals surface area contributed by atoms with E-state index in [0.29, 0.717) is 37.3 Å². The maximum atomic E-state index is 12.6. The number of likely N-dealkylation sites (tertiary alicyclic amines) is 1. The molecule has 8 heteroatoms. The molecule has 3 heterocycles. The molecule has 8 nitrogen and oxygen atoms in total. The van der Waals surface area contributed by atoms with Crippen molar-refractivity contribution in [3.8, 4) is 0 Å². The van der Waals surface area contributed by atoms with Crippen LogP contribution in [0.5, 0.6) is 0 Å². The average Bonchev–Trinajstić information content (AvgIpc) is 2.99. The van der Waals surface area contributed by atoms with Gasteiger partial charge in [0.05, 0.1) is 6.20 Å². The van der Waals surface area contributed by atoms with Gasteiger partial charge in [0, 0.05) is 26.1 Å². The molecular formula is C16H21N5O3. The van der Waals surface area contributed by atoms with E-state index in [9.17, 15) is 4.79 Å². The lowest BCUT2D eigenvalue weighted by atomic mass is 9.91. The first-order valence-electron chi connectivity index (χ1n) is 8.27. The van der Waals surface area contributed by atoms with Crippen molar-refractivity contribution < 1.29 is 13.9 Å². The summed E-state index contributed by atoms with van der Waals surface area (Å²) in [6.45, 7) is 3.51. The molecule has 2 aromatic heterocycles. The first kappa shape index (κ1) is 15.3. The molecule has 0 aromatic carbocycles. The maximum absolute atomic E-state index is 12.6. The summed E-state index contributed by atoms with van der Waals surface area (Å²) in [6.07, 6.45) is 4.01. The number of oxazole rings is 1. The third kappa shape index (κ3) is 2.82. The molecular weight excluding hydrogens is 310 g/mol. The normalized spacial score (nSPS) is 23.8. The van der Waals surface area contributed by atoms with Gasteiger partial charge in [-0.1, -0.05) is 0 Å². The topological polar surface area (TPSA) is 97.1 Å². The Balaban J connectivity index is 1.54. The number of hydrogen-bond donors (Lipinski definition) is 1. The van der Waals surface area contributed by atoms with E-state index < -0.39 is 0 Å². The standard InChI is InChI=1S/C16H21N5O3/c1-9-5-17-15(24-9)16(22)21-6-11(10-3-4-10)12(7-21)14-18-13(8-23-2)19-20-14/h5,10-12H,3-4,6-8H2,1-2H3,(H,18,19,20)/t11-,12+/m1/s1. The van der Waals surface area contributed by atoms with E-state index in [2.05, 4.69) is 20.2 Å². The van der Waals surface area contributed by atoms with E-state index in [-0.39, 0.29) is 17.7 Å². The highest BCUT2D eigenvalue weighted by Crippen LogP contribution is 2.47. The number of aryl methyl sites for hydroxylation is 1. The van der Waals surface area contributed by atoms with Gasteiger partial charge in [-0.15, -0.1) is 0 Å². The summed E-state index contributed by atoms with van der Waals surface area (Å²) >= 11 is 0. The maximum Gasteiger partial charge on any atom is 0.309 e. The first-order chi connectivity index (χ1) is 11.7. The molecule has 1 amide bonds. The van der Waals surface area contributed by atoms with Gasteiger partial charge in [-0.05, 0) is 31.6 Å². The minimum atomic E-state index is -0.149. The number of hydrogen-bond acceptors (Lipinski definition) is 6. The van der Waals surface area contributed by atoms with Gasteiger partial charge in [-0.3, -0.25) is 9.89 Å². The molecule has 1 saturated carbocycles. The van der Waals surface area contributed by atoms with Gasteiger partial charge >= 0.3 is 5.91 Å². The molecule has 1 N–H and O–H groups in total. The molecule has 0 spiro atoms. The monoisotopic (exact) mass is 331 g/mol. The molecule has 0 radical (unpaired) electrons. The lowest BCUT2D eigenvalue weighted by molar-refractivity contribution is 0.0743. The number of rotatable bonds is 5. The van der Waals surface area contributed by atoms with Crippen LogP contribution in [-0.4, -0.2) is 51.2 Å². The molecule has 2 aromatic rings. The number of aromatic nitrogens is 4. The third-order valence-corrected chi connectivity index (χ3v) is 4.85. The number of carbonyl (C=O) groups excluding carboxylic acids is 1. The van der Waals surface area contributed by atoms with Crippen molar-refractivity contribution in [2.24, 2.45) is 11.8 Å². The Kier molecular flexibility index (Phi) is 3.84. The van der Waals surface area contributed by atoms with E-state index in [1.54, 1.807) is 20.2 Å². The van der Waals surface area contributed by atoms with Gasteiger partial charge in [0.15, 0.2) is 11.6 Å². The van der Waals surface area contributed by atoms with E-state index >= 15 is 0 Å². The van der Waals surface area contributed by atoms with Gasteiger partial charge in [-0.2, -0.15) is 5.10 Å². The SMILES string of the molecule is COCc1nc([C@H]2CN(C(=O)c3ncc(C)o3)C[C@@H]2C2CC2)n[nH]1. The van der Waals surface area contributed by atoms with Crippen LogP contribution >= 0.6 is 0 Å². The van der Waals surface area contributed by atoms with Crippen LogP contribution in [0.3, 0.4) is 0 Å². The first-order valence-corrected chi connectivity index (χ1v) is 8.27. The molecule has 24 heavy (non-hydrogen) atoms. The Morgan fingerprint density at radius 2 is 2.29 bits per heavy atom. The van der Waals surface area contributed by atoms with Crippen LogP contribution in [0.1, 0.15) is 46.9 Å². The molecule has 1 aliphatic heterocycles. The summed E-state index contributed by atoms with van der Waals surface area (Å²) in [4.78, 5) is 23.1. The summed E-state index contributed by atoms with van der Waals surface area (Å²) in [6, 6.07) is 0. The molecule has 1 aliphatic carbocycles. The summed E-state index contributed by atoms with van der Waals surface area (Å²) in [5.74, 6) is 3.36. The molecule has 1 saturated heterocycles. The molecule has 2 atom stereocenters. The Labute approximate surface area is 139 Å². The van der Waals surface area contributed by atoms with Crippen LogP contribution < -0.4 is 0 Å². The van der Waals surface area contributed by atoms with Crippen molar-refractivity contribution in [1.82, 2.24) is 25.1 Å². The molecule has 0 bridgehead atoms. The van der Waals surface area contributed by atoms with Gasteiger partial charge in [0.25, 0.3) is 5.89 Å². The fraction of sp³-hybridized carbons (Fsp3) is 0.625. The quantitative estimate of drug-likeness (QED) is 0.892. The number of nitrogens with zero attached hydrogens (tertiary/aromatic N) is 4. The minimum Gasteiger partial charge on any atom is -0.438 e. The lowest BCUT2D eigenvalue weighted by Crippen LogP contribution is -2.29. The molecule has 2 aliphatic rings. The smallest absolute Gasteiger partial charge is 0.309 e. The zero-order valence-corrected chi connectivity index (χ0v) is 13.9. The van der Waals surface area contributed by atoms with Crippen LogP contribution in [0.25, 0.3) is 0 Å². The van der Waals surface area contributed by atoms with E-state index in [1.807, 2.05) is 4.90 Å². The van der Waals surface area contributed by atoms with Crippen molar-refractivity contribution in [1.29, 1.82) is 0 Å². The third-order valence-electron chi connectivity index (χ3n) is 4.85. The van der Waals surface area contributed by atoms with Crippen LogP contribution in [0.2, 0.25) is 0 Å². The summed E-state index contributed by atoms with van der Waals surface area (Å²) in [7, 11) is 1.63. The molecule has 0 unspecified atom stereocenters. The van der Waals surface area contributed by atoms with Crippen molar-refractivity contribution >= 4 is 5.91 Å². The van der Waals surface area contributed by atoms with Crippen LogP contribution in [-0.2, 0) is 11.3 Å².